The topological polar surface area (TPSA) is 55.4 Å². The Hall–Kier alpha value is -1.84. The molecular weight excluding hydrogens is 194 g/mol. The molecule has 1 saturated heterocycles. The lowest BCUT2D eigenvalue weighted by Crippen LogP contribution is -2.41. The summed E-state index contributed by atoms with van der Waals surface area (Å²) in [6.45, 7) is 1.36. The van der Waals surface area contributed by atoms with Crippen molar-refractivity contribution < 1.29 is 14.3 Å². The molecule has 1 amide bonds. The average Bonchev–Trinajstić information content (AvgIpc) is 2.14. The van der Waals surface area contributed by atoms with E-state index in [4.69, 9.17) is 4.74 Å². The van der Waals surface area contributed by atoms with E-state index in [1.54, 1.807) is 12.1 Å². The maximum Gasteiger partial charge on any atom is 0.308 e. The van der Waals surface area contributed by atoms with Gasteiger partial charge in [0.25, 0.3) is 0 Å². The Balaban J connectivity index is 2.04. The largest absolute Gasteiger partial charge is 0.427 e. The Labute approximate surface area is 87.2 Å². The normalized spacial score (nSPS) is 19.0. The predicted octanol–water partition coefficient (Wildman–Crippen LogP) is 1.17. The van der Waals surface area contributed by atoms with Gasteiger partial charge in [-0.2, -0.15) is 0 Å². The van der Waals surface area contributed by atoms with Gasteiger partial charge in [0.15, 0.2) is 0 Å². The van der Waals surface area contributed by atoms with E-state index in [9.17, 15) is 9.59 Å². The molecule has 1 atom stereocenters. The van der Waals surface area contributed by atoms with Crippen LogP contribution in [0.1, 0.15) is 24.9 Å². The minimum absolute atomic E-state index is 0.0732. The molecule has 0 unspecified atom stereocenters. The van der Waals surface area contributed by atoms with E-state index >= 15 is 0 Å². The van der Waals surface area contributed by atoms with E-state index in [0.29, 0.717) is 12.2 Å². The fourth-order valence-corrected chi connectivity index (χ4v) is 1.49. The van der Waals surface area contributed by atoms with Crippen LogP contribution in [-0.2, 0) is 9.59 Å². The van der Waals surface area contributed by atoms with Crippen molar-refractivity contribution in [3.63, 3.8) is 0 Å². The molecule has 4 nitrogen and oxygen atoms in total. The number of nitrogens with one attached hydrogen (secondary N) is 1. The highest BCUT2D eigenvalue weighted by molar-refractivity contribution is 5.83. The highest BCUT2D eigenvalue weighted by Gasteiger charge is 2.26. The third kappa shape index (κ3) is 2.15. The molecular formula is C11H11NO3. The van der Waals surface area contributed by atoms with Crippen LogP contribution in [0.25, 0.3) is 0 Å². The van der Waals surface area contributed by atoms with Crippen LogP contribution in [0.3, 0.4) is 0 Å². The molecule has 0 spiro atoms. The van der Waals surface area contributed by atoms with Crippen LogP contribution in [0.5, 0.6) is 5.75 Å². The molecule has 1 aliphatic rings. The molecule has 1 N–H and O–H groups in total. The van der Waals surface area contributed by atoms with Crippen molar-refractivity contribution in [3.8, 4) is 5.75 Å². The quantitative estimate of drug-likeness (QED) is 0.448. The molecule has 15 heavy (non-hydrogen) atoms. The van der Waals surface area contributed by atoms with Crippen LogP contribution in [0, 0.1) is 0 Å². The van der Waals surface area contributed by atoms with Gasteiger partial charge in [-0.3, -0.25) is 9.59 Å². The van der Waals surface area contributed by atoms with Gasteiger partial charge >= 0.3 is 5.97 Å². The number of amides is 1. The van der Waals surface area contributed by atoms with Gasteiger partial charge in [-0.15, -0.1) is 0 Å². The number of carbonyl (C=O) groups is 2. The molecule has 1 aromatic rings. The fourth-order valence-electron chi connectivity index (χ4n) is 1.49. The summed E-state index contributed by atoms with van der Waals surface area (Å²) >= 11 is 0. The Morgan fingerprint density at radius 2 is 2.00 bits per heavy atom. The summed E-state index contributed by atoms with van der Waals surface area (Å²) in [6.07, 6.45) is 0.535. The van der Waals surface area contributed by atoms with Crippen molar-refractivity contribution in [2.45, 2.75) is 19.4 Å². The first-order valence-electron chi connectivity index (χ1n) is 4.73. The summed E-state index contributed by atoms with van der Waals surface area (Å²) in [7, 11) is 0. The first-order valence-corrected chi connectivity index (χ1v) is 4.73. The summed E-state index contributed by atoms with van der Waals surface area (Å²) < 4.78 is 4.90. The standard InChI is InChI=1S/C11H11NO3/c1-7(13)15-9-4-2-8(3-5-9)10-6-11(14)12-10/h2-5,10H,6H2,1H3,(H,12,14)/t10-/m0/s1. The van der Waals surface area contributed by atoms with Crippen molar-refractivity contribution in [3.05, 3.63) is 29.8 Å². The number of hydrogen-bond acceptors (Lipinski definition) is 3. The summed E-state index contributed by atoms with van der Waals surface area (Å²) in [4.78, 5) is 21.4. The SMILES string of the molecule is CC(=O)Oc1ccc([C@@H]2CC(=O)N2)cc1. The first kappa shape index (κ1) is 9.71. The van der Waals surface area contributed by atoms with Gasteiger partial charge in [-0.05, 0) is 17.7 Å². The van der Waals surface area contributed by atoms with Crippen LogP contribution in [0.4, 0.5) is 0 Å². The van der Waals surface area contributed by atoms with Crippen LogP contribution < -0.4 is 10.1 Å². The van der Waals surface area contributed by atoms with Crippen molar-refractivity contribution in [1.82, 2.24) is 5.32 Å². The Kier molecular flexibility index (Phi) is 2.41. The van der Waals surface area contributed by atoms with E-state index < -0.39 is 0 Å². The average molecular weight is 205 g/mol. The third-order valence-electron chi connectivity index (χ3n) is 2.27. The zero-order valence-electron chi connectivity index (χ0n) is 8.32. The molecule has 2 rings (SSSR count). The van der Waals surface area contributed by atoms with E-state index in [0.717, 1.165) is 5.56 Å². The van der Waals surface area contributed by atoms with Crippen LogP contribution >= 0.6 is 0 Å². The molecule has 0 aromatic heterocycles. The van der Waals surface area contributed by atoms with E-state index in [1.165, 1.54) is 6.92 Å². The molecule has 78 valence electrons. The Bertz CT molecular complexity index is 389. The van der Waals surface area contributed by atoms with Crippen molar-refractivity contribution >= 4 is 11.9 Å². The number of β-lactam (4-membered cyclic amide) rings is 1. The van der Waals surface area contributed by atoms with Gasteiger partial charge in [0, 0.05) is 6.92 Å². The van der Waals surface area contributed by atoms with Gasteiger partial charge < -0.3 is 10.1 Å². The van der Waals surface area contributed by atoms with Gasteiger partial charge in [-0.25, -0.2) is 0 Å². The molecule has 1 aromatic carbocycles. The minimum atomic E-state index is -0.334. The number of benzene rings is 1. The fraction of sp³-hybridized carbons (Fsp3) is 0.273. The minimum Gasteiger partial charge on any atom is -0.427 e. The lowest BCUT2D eigenvalue weighted by atomic mass is 9.97. The summed E-state index contributed by atoms with van der Waals surface area (Å²) in [5, 5.41) is 2.77. The number of ether oxygens (including phenoxy) is 1. The molecule has 4 heteroatoms. The molecule has 1 fully saturated rings. The molecule has 0 bridgehead atoms. The monoisotopic (exact) mass is 205 g/mol. The van der Waals surface area contributed by atoms with Crippen LogP contribution in [-0.4, -0.2) is 11.9 Å². The number of rotatable bonds is 2. The van der Waals surface area contributed by atoms with Crippen LogP contribution in [0.2, 0.25) is 0 Å². The van der Waals surface area contributed by atoms with Gasteiger partial charge in [-0.1, -0.05) is 12.1 Å². The van der Waals surface area contributed by atoms with E-state index in [-0.39, 0.29) is 17.9 Å². The Morgan fingerprint density at radius 1 is 1.40 bits per heavy atom. The van der Waals surface area contributed by atoms with Crippen LogP contribution in [0.15, 0.2) is 24.3 Å². The van der Waals surface area contributed by atoms with Gasteiger partial charge in [0.2, 0.25) is 5.91 Å². The van der Waals surface area contributed by atoms with Gasteiger partial charge in [0.1, 0.15) is 5.75 Å². The smallest absolute Gasteiger partial charge is 0.308 e. The number of carbonyl (C=O) groups excluding carboxylic acids is 2. The Morgan fingerprint density at radius 3 is 2.47 bits per heavy atom. The second-order valence-corrected chi connectivity index (χ2v) is 3.49. The molecule has 0 aliphatic carbocycles. The summed E-state index contributed by atoms with van der Waals surface area (Å²) in [5.74, 6) is 0.264. The second-order valence-electron chi connectivity index (χ2n) is 3.49. The van der Waals surface area contributed by atoms with E-state index in [1.807, 2.05) is 12.1 Å². The number of hydrogen-bond donors (Lipinski definition) is 1. The highest BCUT2D eigenvalue weighted by atomic mass is 16.5. The van der Waals surface area contributed by atoms with Crippen molar-refractivity contribution in [2.24, 2.45) is 0 Å². The molecule has 1 heterocycles. The molecule has 0 saturated carbocycles. The van der Waals surface area contributed by atoms with Crippen molar-refractivity contribution in [1.29, 1.82) is 0 Å². The van der Waals surface area contributed by atoms with Crippen molar-refractivity contribution in [2.75, 3.05) is 0 Å². The summed E-state index contributed by atoms with van der Waals surface area (Å²) in [5.41, 5.74) is 1.03. The van der Waals surface area contributed by atoms with Gasteiger partial charge in [0.05, 0.1) is 12.5 Å². The maximum atomic E-state index is 10.7. The molecule has 0 radical (unpaired) electrons. The zero-order valence-corrected chi connectivity index (χ0v) is 8.32. The lowest BCUT2D eigenvalue weighted by molar-refractivity contribution is -0.132. The first-order chi connectivity index (χ1) is 7.15. The predicted molar refractivity (Wildman–Crippen MR) is 53.3 cm³/mol. The maximum absolute atomic E-state index is 10.7. The third-order valence-corrected chi connectivity index (χ3v) is 2.27. The second kappa shape index (κ2) is 3.73. The number of esters is 1. The summed E-state index contributed by atoms with van der Waals surface area (Å²) in [6, 6.07) is 7.26. The lowest BCUT2D eigenvalue weighted by Gasteiger charge is -2.27. The zero-order chi connectivity index (χ0) is 10.8. The molecule has 1 aliphatic heterocycles. The van der Waals surface area contributed by atoms with E-state index in [2.05, 4.69) is 5.32 Å². The highest BCUT2D eigenvalue weighted by Crippen LogP contribution is 2.25.